The van der Waals surface area contributed by atoms with E-state index in [-0.39, 0.29) is 24.0 Å². The standard InChI is InChI=1S/C20H17N2O.HI/c1-2-22-16(12-11-15-7-3-5-9-18(15)22)13-14-20-21-17-8-4-6-10-19(17)23-20;/h3-14H,2H2,1H3;1H/q+1;/p-1. The Balaban J connectivity index is 0.00000169. The first-order valence-electron chi connectivity index (χ1n) is 7.80. The molecular formula is C20H17IN2O. The van der Waals surface area contributed by atoms with Crippen LogP contribution in [-0.4, -0.2) is 4.98 Å². The molecule has 24 heavy (non-hydrogen) atoms. The third kappa shape index (κ3) is 3.06. The van der Waals surface area contributed by atoms with Crippen LogP contribution in [0.25, 0.3) is 34.2 Å². The maximum absolute atomic E-state index is 5.74. The van der Waals surface area contributed by atoms with Crippen molar-refractivity contribution in [2.24, 2.45) is 0 Å². The topological polar surface area (TPSA) is 29.9 Å². The fourth-order valence-corrected chi connectivity index (χ4v) is 2.89. The summed E-state index contributed by atoms with van der Waals surface area (Å²) in [4.78, 5) is 4.48. The zero-order chi connectivity index (χ0) is 15.6. The van der Waals surface area contributed by atoms with E-state index in [0.717, 1.165) is 23.3 Å². The van der Waals surface area contributed by atoms with Crippen molar-refractivity contribution in [2.75, 3.05) is 0 Å². The Morgan fingerprint density at radius 2 is 1.75 bits per heavy atom. The molecule has 0 saturated carbocycles. The number of fused-ring (bicyclic) bond motifs is 2. The van der Waals surface area contributed by atoms with Gasteiger partial charge in [-0.2, -0.15) is 4.57 Å². The summed E-state index contributed by atoms with van der Waals surface area (Å²) in [5.74, 6) is 0.627. The zero-order valence-electron chi connectivity index (χ0n) is 13.3. The molecule has 4 rings (SSSR count). The van der Waals surface area contributed by atoms with Gasteiger partial charge in [-0.3, -0.25) is 0 Å². The number of oxazole rings is 1. The van der Waals surface area contributed by atoms with Crippen LogP contribution >= 0.6 is 0 Å². The zero-order valence-corrected chi connectivity index (χ0v) is 15.5. The second kappa shape index (κ2) is 7.13. The minimum Gasteiger partial charge on any atom is -1.00 e. The molecule has 0 N–H and O–H groups in total. The molecule has 0 radical (unpaired) electrons. The Bertz CT molecular complexity index is 987. The second-order valence-corrected chi connectivity index (χ2v) is 5.41. The van der Waals surface area contributed by atoms with Crippen LogP contribution in [0.4, 0.5) is 0 Å². The number of aryl methyl sites for hydroxylation is 1. The molecule has 0 aliphatic carbocycles. The summed E-state index contributed by atoms with van der Waals surface area (Å²) < 4.78 is 8.03. The SMILES string of the molecule is CC[n+]1c(C=Cc2nc3ccccc3o2)ccc2ccccc21.[I-]. The van der Waals surface area contributed by atoms with Crippen LogP contribution in [0, 0.1) is 0 Å². The molecule has 2 aromatic carbocycles. The summed E-state index contributed by atoms with van der Waals surface area (Å²) in [6, 6.07) is 20.5. The summed E-state index contributed by atoms with van der Waals surface area (Å²) in [5.41, 5.74) is 4.06. The molecule has 0 aliphatic rings. The van der Waals surface area contributed by atoms with E-state index in [1.54, 1.807) is 0 Å². The van der Waals surface area contributed by atoms with Gasteiger partial charge < -0.3 is 28.4 Å². The summed E-state index contributed by atoms with van der Waals surface area (Å²) >= 11 is 0. The number of para-hydroxylation sites is 3. The largest absolute Gasteiger partial charge is 1.00 e. The summed E-state index contributed by atoms with van der Waals surface area (Å²) in [5, 5.41) is 1.24. The highest BCUT2D eigenvalue weighted by Gasteiger charge is 2.11. The first kappa shape index (κ1) is 16.6. The van der Waals surface area contributed by atoms with Gasteiger partial charge >= 0.3 is 0 Å². The van der Waals surface area contributed by atoms with E-state index in [4.69, 9.17) is 4.42 Å². The quantitative estimate of drug-likeness (QED) is 0.366. The average Bonchev–Trinajstić information content (AvgIpc) is 3.02. The van der Waals surface area contributed by atoms with Crippen LogP contribution in [0.3, 0.4) is 0 Å². The molecule has 4 aromatic rings. The van der Waals surface area contributed by atoms with Crippen LogP contribution in [0.1, 0.15) is 18.5 Å². The van der Waals surface area contributed by atoms with E-state index in [1.165, 1.54) is 10.9 Å². The van der Waals surface area contributed by atoms with Crippen LogP contribution in [0.2, 0.25) is 0 Å². The van der Waals surface area contributed by atoms with Crippen molar-refractivity contribution in [3.63, 3.8) is 0 Å². The number of hydrogen-bond donors (Lipinski definition) is 0. The molecule has 0 unspecified atom stereocenters. The van der Waals surface area contributed by atoms with E-state index in [0.29, 0.717) is 5.89 Å². The average molecular weight is 428 g/mol. The van der Waals surface area contributed by atoms with Gasteiger partial charge in [0.2, 0.25) is 17.1 Å². The predicted molar refractivity (Wildman–Crippen MR) is 92.8 cm³/mol. The lowest BCUT2D eigenvalue weighted by atomic mass is 10.2. The first-order chi connectivity index (χ1) is 11.3. The van der Waals surface area contributed by atoms with Crippen molar-refractivity contribution in [3.8, 4) is 0 Å². The highest BCUT2D eigenvalue weighted by atomic mass is 127. The molecule has 0 saturated heterocycles. The van der Waals surface area contributed by atoms with Gasteiger partial charge in [-0.05, 0) is 31.2 Å². The number of pyridine rings is 1. The second-order valence-electron chi connectivity index (χ2n) is 5.41. The Kier molecular flexibility index (Phi) is 4.94. The predicted octanol–water partition coefficient (Wildman–Crippen LogP) is 1.46. The van der Waals surface area contributed by atoms with E-state index >= 15 is 0 Å². The van der Waals surface area contributed by atoms with E-state index in [9.17, 15) is 0 Å². The molecule has 3 nitrogen and oxygen atoms in total. The van der Waals surface area contributed by atoms with E-state index in [2.05, 4.69) is 58.9 Å². The first-order valence-corrected chi connectivity index (χ1v) is 7.80. The third-order valence-electron chi connectivity index (χ3n) is 4.00. The Morgan fingerprint density at radius 1 is 0.958 bits per heavy atom. The van der Waals surface area contributed by atoms with Crippen LogP contribution in [-0.2, 0) is 6.54 Å². The molecule has 0 aliphatic heterocycles. The maximum atomic E-state index is 5.74. The maximum Gasteiger partial charge on any atom is 0.220 e. The number of nitrogens with zero attached hydrogens (tertiary/aromatic N) is 2. The summed E-state index contributed by atoms with van der Waals surface area (Å²) in [6.45, 7) is 3.07. The van der Waals surface area contributed by atoms with Crippen molar-refractivity contribution in [1.29, 1.82) is 0 Å². The number of aromatic nitrogens is 2. The molecule has 120 valence electrons. The number of hydrogen-bond acceptors (Lipinski definition) is 2. The van der Waals surface area contributed by atoms with E-state index < -0.39 is 0 Å². The molecular weight excluding hydrogens is 411 g/mol. The highest BCUT2D eigenvalue weighted by molar-refractivity contribution is 5.78. The Hall–Kier alpha value is -2.21. The summed E-state index contributed by atoms with van der Waals surface area (Å²) in [7, 11) is 0. The van der Waals surface area contributed by atoms with Crippen molar-refractivity contribution >= 4 is 34.2 Å². The molecule has 0 bridgehead atoms. The normalized spacial score (nSPS) is 11.2. The van der Waals surface area contributed by atoms with Crippen molar-refractivity contribution in [3.05, 3.63) is 72.2 Å². The third-order valence-corrected chi connectivity index (χ3v) is 4.00. The minimum atomic E-state index is 0. The number of rotatable bonds is 3. The van der Waals surface area contributed by atoms with Gasteiger partial charge in [0, 0.05) is 29.7 Å². The molecule has 0 spiro atoms. The van der Waals surface area contributed by atoms with Gasteiger partial charge in [-0.1, -0.05) is 24.3 Å². The molecule has 4 heteroatoms. The van der Waals surface area contributed by atoms with Gasteiger partial charge in [0.05, 0.1) is 0 Å². The van der Waals surface area contributed by atoms with Gasteiger partial charge in [0.15, 0.2) is 5.58 Å². The molecule has 0 atom stereocenters. The van der Waals surface area contributed by atoms with Gasteiger partial charge in [0.1, 0.15) is 12.1 Å². The van der Waals surface area contributed by atoms with Gasteiger partial charge in [-0.25, -0.2) is 4.98 Å². The highest BCUT2D eigenvalue weighted by Crippen LogP contribution is 2.17. The number of halogens is 1. The Morgan fingerprint density at radius 3 is 2.58 bits per heavy atom. The van der Waals surface area contributed by atoms with Crippen molar-refractivity contribution in [2.45, 2.75) is 13.5 Å². The van der Waals surface area contributed by atoms with Crippen LogP contribution in [0.15, 0.2) is 65.1 Å². The van der Waals surface area contributed by atoms with Gasteiger partial charge in [0.25, 0.3) is 0 Å². The fourth-order valence-electron chi connectivity index (χ4n) is 2.89. The lowest BCUT2D eigenvalue weighted by molar-refractivity contribution is -0.669. The van der Waals surface area contributed by atoms with Gasteiger partial charge in [-0.15, -0.1) is 0 Å². The molecule has 2 aromatic heterocycles. The van der Waals surface area contributed by atoms with Crippen LogP contribution < -0.4 is 28.5 Å². The lowest BCUT2D eigenvalue weighted by Gasteiger charge is -2.02. The number of benzene rings is 2. The van der Waals surface area contributed by atoms with Crippen LogP contribution in [0.5, 0.6) is 0 Å². The van der Waals surface area contributed by atoms with Crippen molar-refractivity contribution in [1.82, 2.24) is 4.98 Å². The fraction of sp³-hybridized carbons (Fsp3) is 0.100. The monoisotopic (exact) mass is 428 g/mol. The minimum absolute atomic E-state index is 0. The van der Waals surface area contributed by atoms with Crippen molar-refractivity contribution < 1.29 is 33.0 Å². The molecule has 2 heterocycles. The lowest BCUT2D eigenvalue weighted by Crippen LogP contribution is -3.00. The smallest absolute Gasteiger partial charge is 0.220 e. The van der Waals surface area contributed by atoms with E-state index in [1.807, 2.05) is 30.3 Å². The Labute approximate surface area is 157 Å². The molecule has 0 amide bonds. The summed E-state index contributed by atoms with van der Waals surface area (Å²) in [6.07, 6.45) is 3.98. The molecule has 0 fully saturated rings.